The molecule has 0 aliphatic heterocycles. The number of benzene rings is 2. The summed E-state index contributed by atoms with van der Waals surface area (Å²) in [5.74, 6) is 1.17. The molecule has 3 rings (SSSR count). The second kappa shape index (κ2) is 15.7. The van der Waals surface area contributed by atoms with Crippen molar-refractivity contribution >= 4 is 23.1 Å². The number of ether oxygens (including phenoxy) is 1. The Balaban J connectivity index is 2.01. The molecule has 0 aromatic heterocycles. The molecule has 0 bridgehead atoms. The smallest absolute Gasteiger partial charge is 0.206 e. The lowest BCUT2D eigenvalue weighted by Crippen LogP contribution is -2.49. The van der Waals surface area contributed by atoms with E-state index in [1.807, 2.05) is 30.3 Å². The molecule has 1 radical (unpaired) electrons. The van der Waals surface area contributed by atoms with Crippen LogP contribution in [0.4, 0.5) is 0 Å². The largest absolute Gasteiger partial charge is 0.489 e. The quantitative estimate of drug-likeness (QED) is 0.109. The molecule has 1 aliphatic carbocycles. The van der Waals surface area contributed by atoms with Gasteiger partial charge in [0.2, 0.25) is 9.04 Å². The van der Waals surface area contributed by atoms with E-state index in [9.17, 15) is 4.79 Å². The highest BCUT2D eigenvalue weighted by Crippen LogP contribution is 2.51. The fourth-order valence-electron chi connectivity index (χ4n) is 6.26. The highest BCUT2D eigenvalue weighted by atomic mass is 28.4. The second-order valence-electron chi connectivity index (χ2n) is 15.9. The van der Waals surface area contributed by atoms with E-state index in [-0.39, 0.29) is 34.2 Å². The van der Waals surface area contributed by atoms with Crippen LogP contribution in [-0.4, -0.2) is 34.8 Å². The van der Waals surface area contributed by atoms with Crippen LogP contribution >= 0.6 is 0 Å². The first-order valence-electron chi connectivity index (χ1n) is 17.1. The van der Waals surface area contributed by atoms with E-state index in [1.165, 1.54) is 12.8 Å². The summed E-state index contributed by atoms with van der Waals surface area (Å²) >= 11 is 0. The topological polar surface area (TPSA) is 44.8 Å². The van der Waals surface area contributed by atoms with Gasteiger partial charge in [-0.2, -0.15) is 0 Å². The third-order valence-electron chi connectivity index (χ3n) is 9.84. The van der Waals surface area contributed by atoms with Crippen LogP contribution in [0.2, 0.25) is 31.2 Å². The van der Waals surface area contributed by atoms with Gasteiger partial charge in [-0.3, -0.25) is 4.79 Å². The van der Waals surface area contributed by atoms with E-state index in [4.69, 9.17) is 13.6 Å². The van der Waals surface area contributed by atoms with Gasteiger partial charge in [0.1, 0.15) is 18.0 Å². The Bertz CT molecular complexity index is 1240. The molecule has 1 fully saturated rings. The molecule has 1 saturated carbocycles. The predicted molar refractivity (Wildman–Crippen MR) is 194 cm³/mol. The molecule has 2 aromatic rings. The molecule has 0 saturated heterocycles. The van der Waals surface area contributed by atoms with Crippen LogP contribution in [-0.2, 0) is 26.7 Å². The highest BCUT2D eigenvalue weighted by Gasteiger charge is 2.57. The van der Waals surface area contributed by atoms with Crippen molar-refractivity contribution in [2.45, 2.75) is 137 Å². The Morgan fingerprint density at radius 2 is 1.64 bits per heavy atom. The van der Waals surface area contributed by atoms with Gasteiger partial charge >= 0.3 is 0 Å². The summed E-state index contributed by atoms with van der Waals surface area (Å²) in [5, 5.41) is 0.128. The van der Waals surface area contributed by atoms with Crippen molar-refractivity contribution in [3.05, 3.63) is 77.9 Å². The summed E-state index contributed by atoms with van der Waals surface area (Å²) in [4.78, 5) is 14.3. The Labute approximate surface area is 278 Å². The summed E-state index contributed by atoms with van der Waals surface area (Å²) in [6, 6.07) is 18.5. The van der Waals surface area contributed by atoms with Gasteiger partial charge in [-0.1, -0.05) is 122 Å². The lowest BCUT2D eigenvalue weighted by atomic mass is 9.71. The van der Waals surface area contributed by atoms with Gasteiger partial charge in [-0.15, -0.1) is 0 Å². The maximum absolute atomic E-state index is 14.3. The average molecular weight is 650 g/mol. The highest BCUT2D eigenvalue weighted by molar-refractivity contribution is 6.74. The molecule has 0 heterocycles. The molecular formula is C39H61O4Si2. The molecule has 6 heteroatoms. The molecule has 0 spiro atoms. The predicted octanol–water partition coefficient (Wildman–Crippen LogP) is 10.6. The fourth-order valence-corrected chi connectivity index (χ4v) is 8.62. The van der Waals surface area contributed by atoms with E-state index in [1.54, 1.807) is 0 Å². The van der Waals surface area contributed by atoms with Gasteiger partial charge < -0.3 is 13.6 Å². The average Bonchev–Trinajstić information content (AvgIpc) is 3.21. The lowest BCUT2D eigenvalue weighted by molar-refractivity contribution is -0.132. The van der Waals surface area contributed by atoms with Crippen LogP contribution in [0, 0.1) is 17.3 Å². The van der Waals surface area contributed by atoms with Gasteiger partial charge in [-0.25, -0.2) is 0 Å². The number of rotatable bonds is 15. The Kier molecular flexibility index (Phi) is 13.1. The molecule has 0 N–H and O–H groups in total. The molecule has 0 unspecified atom stereocenters. The Morgan fingerprint density at radius 1 is 0.978 bits per heavy atom. The number of hydrogen-bond donors (Lipinski definition) is 0. The summed E-state index contributed by atoms with van der Waals surface area (Å²) in [6.07, 6.45) is 10.3. The number of unbranched alkanes of at least 4 members (excludes halogenated alkanes) is 2. The molecule has 4 atom stereocenters. The number of hydrogen-bond acceptors (Lipinski definition) is 4. The fraction of sp³-hybridized carbons (Fsp3) is 0.615. The summed E-state index contributed by atoms with van der Waals surface area (Å²) in [7, 11) is -3.19. The number of carbonyl (C=O) groups excluding carboxylic acids is 1. The van der Waals surface area contributed by atoms with E-state index in [2.05, 4.69) is 111 Å². The first-order chi connectivity index (χ1) is 21.0. The second-order valence-corrected chi connectivity index (χ2v) is 22.7. The monoisotopic (exact) mass is 649 g/mol. The van der Waals surface area contributed by atoms with Crippen molar-refractivity contribution in [3.63, 3.8) is 0 Å². The molecule has 249 valence electrons. The third kappa shape index (κ3) is 10.2. The zero-order chi connectivity index (χ0) is 33.5. The number of carbonyl (C=O) groups is 1. The first kappa shape index (κ1) is 37.5. The van der Waals surface area contributed by atoms with Crippen molar-refractivity contribution in [2.24, 2.45) is 17.3 Å². The summed E-state index contributed by atoms with van der Waals surface area (Å²) in [6.45, 7) is 25.5. The van der Waals surface area contributed by atoms with Crippen LogP contribution in [0.1, 0.15) is 91.7 Å². The normalized spacial score (nSPS) is 22.0. The van der Waals surface area contributed by atoms with Gasteiger partial charge in [0, 0.05) is 18.8 Å². The van der Waals surface area contributed by atoms with Gasteiger partial charge in [0.25, 0.3) is 0 Å². The maximum Gasteiger partial charge on any atom is 0.206 e. The standard InChI is InChI=1S/C39H61O4Si2/c1-12-13-15-22-32(42-45(10,11)38(5,6)7)24-25-34-35(37(2,3)4)27-36(40)39(34,43-44(8)9)28-31-21-18-23-33(26-31)41-29-30-19-16-14-17-20-30/h14,16-21,23-26,32,34-35H,12-13,15,22,27-29H2,1-11H3/b25-24+/t32-,34-,35+,39+/m0/s1. The zero-order valence-electron chi connectivity index (χ0n) is 30.2. The Morgan fingerprint density at radius 3 is 2.24 bits per heavy atom. The minimum Gasteiger partial charge on any atom is -0.489 e. The molecule has 4 nitrogen and oxygen atoms in total. The van der Waals surface area contributed by atoms with Gasteiger partial charge in [-0.05, 0) is 72.2 Å². The first-order valence-corrected chi connectivity index (χ1v) is 22.4. The minimum atomic E-state index is -1.99. The SMILES string of the molecule is CCCCC[C@@H](/C=C/[C@H]1[C@H](C(C)(C)C)CC(=O)[C@]1(Cc1cccc(OCc2ccccc2)c1)O[Si](C)C)O[Si](C)(C)C(C)(C)C. The van der Waals surface area contributed by atoms with E-state index >= 15 is 0 Å². The number of ketones is 1. The molecular weight excluding hydrogens is 589 g/mol. The summed E-state index contributed by atoms with van der Waals surface area (Å²) < 4.78 is 20.1. The Hall–Kier alpha value is -2.00. The third-order valence-corrected chi connectivity index (χ3v) is 15.1. The van der Waals surface area contributed by atoms with Crippen LogP contribution in [0.5, 0.6) is 5.75 Å². The van der Waals surface area contributed by atoms with Crippen LogP contribution in [0.3, 0.4) is 0 Å². The maximum atomic E-state index is 14.3. The van der Waals surface area contributed by atoms with E-state index in [0.29, 0.717) is 19.4 Å². The minimum absolute atomic E-state index is 0.0363. The van der Waals surface area contributed by atoms with Crippen molar-refractivity contribution < 1.29 is 18.4 Å². The molecule has 1 aliphatic rings. The molecule has 0 amide bonds. The van der Waals surface area contributed by atoms with Crippen LogP contribution in [0.25, 0.3) is 0 Å². The van der Waals surface area contributed by atoms with E-state index in [0.717, 1.165) is 29.7 Å². The van der Waals surface area contributed by atoms with Crippen LogP contribution in [0.15, 0.2) is 66.7 Å². The van der Waals surface area contributed by atoms with Gasteiger partial charge in [0.05, 0.1) is 6.10 Å². The molecule has 45 heavy (non-hydrogen) atoms. The summed E-state index contributed by atoms with van der Waals surface area (Å²) in [5.41, 5.74) is 1.24. The van der Waals surface area contributed by atoms with Crippen molar-refractivity contribution in [3.8, 4) is 5.75 Å². The van der Waals surface area contributed by atoms with Crippen LogP contribution < -0.4 is 4.74 Å². The van der Waals surface area contributed by atoms with Crippen molar-refractivity contribution in [1.29, 1.82) is 0 Å². The number of Topliss-reactive ketones (excluding diaryl/α,β-unsaturated/α-hetero) is 1. The van der Waals surface area contributed by atoms with E-state index < -0.39 is 23.0 Å². The lowest BCUT2D eigenvalue weighted by Gasteiger charge is -2.41. The van der Waals surface area contributed by atoms with Gasteiger partial charge in [0.15, 0.2) is 14.1 Å². The molecule has 2 aromatic carbocycles. The zero-order valence-corrected chi connectivity index (χ0v) is 32.2. The van der Waals surface area contributed by atoms with Crippen molar-refractivity contribution in [1.82, 2.24) is 0 Å². The van der Waals surface area contributed by atoms with Crippen molar-refractivity contribution in [2.75, 3.05) is 0 Å².